The maximum Gasteiger partial charge on any atom is 0.290 e. The van der Waals surface area contributed by atoms with Gasteiger partial charge in [-0.1, -0.05) is 12.1 Å². The maximum absolute atomic E-state index is 13.2. The molecule has 7 heteroatoms. The minimum atomic E-state index is -0.182. The van der Waals surface area contributed by atoms with Crippen molar-refractivity contribution in [1.82, 2.24) is 9.80 Å². The normalized spacial score (nSPS) is 21.9. The van der Waals surface area contributed by atoms with Crippen molar-refractivity contribution in [3.8, 4) is 0 Å². The van der Waals surface area contributed by atoms with Crippen molar-refractivity contribution in [2.24, 2.45) is 0 Å². The molecule has 0 bridgehead atoms. The zero-order valence-electron chi connectivity index (χ0n) is 15.3. The summed E-state index contributed by atoms with van der Waals surface area (Å²) < 4.78 is 11.2. The second kappa shape index (κ2) is 8.46. The number of carbonyl (C=O) groups excluding carboxylic acids is 1. The molecule has 1 aromatic heterocycles. The average Bonchev–Trinajstić information content (AvgIpc) is 2.93. The molecule has 4 rings (SSSR count). The van der Waals surface area contributed by atoms with Crippen molar-refractivity contribution in [2.75, 3.05) is 50.9 Å². The van der Waals surface area contributed by atoms with Crippen LogP contribution in [0, 0.1) is 0 Å². The molecule has 2 aromatic rings. The monoisotopic (exact) mass is 388 g/mol. The Labute approximate surface area is 162 Å². The Hall–Kier alpha value is -1.83. The number of nitrogens with zero attached hydrogens (tertiary/aromatic N) is 2. The second-order valence-electron chi connectivity index (χ2n) is 6.96. The predicted molar refractivity (Wildman–Crippen MR) is 107 cm³/mol. The van der Waals surface area contributed by atoms with Crippen LogP contribution in [0.5, 0.6) is 0 Å². The van der Waals surface area contributed by atoms with E-state index in [-0.39, 0.29) is 23.1 Å². The lowest BCUT2D eigenvalue weighted by molar-refractivity contribution is 0.0239. The smallest absolute Gasteiger partial charge is 0.290 e. The Morgan fingerprint density at radius 1 is 1.19 bits per heavy atom. The molecule has 144 valence electrons. The van der Waals surface area contributed by atoms with Crippen LogP contribution in [0.4, 0.5) is 0 Å². The molecule has 1 unspecified atom stereocenters. The minimum absolute atomic E-state index is 0.111. The van der Waals surface area contributed by atoms with Crippen LogP contribution in [-0.2, 0) is 4.74 Å². The van der Waals surface area contributed by atoms with Crippen molar-refractivity contribution in [1.29, 1.82) is 0 Å². The van der Waals surface area contributed by atoms with Crippen molar-refractivity contribution >= 4 is 28.6 Å². The molecule has 2 aliphatic rings. The number of amides is 1. The summed E-state index contributed by atoms with van der Waals surface area (Å²) in [5, 5.41) is 0.505. The molecular formula is C20H24N2O4S. The van der Waals surface area contributed by atoms with Gasteiger partial charge in [0.2, 0.25) is 0 Å². The topological polar surface area (TPSA) is 63.0 Å². The van der Waals surface area contributed by atoms with Crippen molar-refractivity contribution < 1.29 is 13.9 Å². The first-order valence-electron chi connectivity index (χ1n) is 9.44. The summed E-state index contributed by atoms with van der Waals surface area (Å²) in [6.07, 6.45) is 0.952. The number of carbonyl (C=O) groups is 1. The van der Waals surface area contributed by atoms with E-state index in [4.69, 9.17) is 9.15 Å². The molecule has 2 saturated heterocycles. The number of thioether (sulfide) groups is 1. The zero-order chi connectivity index (χ0) is 18.6. The Morgan fingerprint density at radius 2 is 2.00 bits per heavy atom. The van der Waals surface area contributed by atoms with E-state index in [9.17, 15) is 9.59 Å². The van der Waals surface area contributed by atoms with E-state index < -0.39 is 0 Å². The van der Waals surface area contributed by atoms with Crippen LogP contribution >= 0.6 is 11.8 Å². The fourth-order valence-electron chi connectivity index (χ4n) is 3.68. The fourth-order valence-corrected chi connectivity index (χ4v) is 4.74. The number of hydrogen-bond donors (Lipinski definition) is 0. The number of rotatable bonds is 3. The van der Waals surface area contributed by atoms with Gasteiger partial charge in [-0.15, -0.1) is 0 Å². The van der Waals surface area contributed by atoms with Gasteiger partial charge in [-0.05, 0) is 24.3 Å². The number of ether oxygens (including phenoxy) is 1. The van der Waals surface area contributed by atoms with E-state index >= 15 is 0 Å². The van der Waals surface area contributed by atoms with Gasteiger partial charge in [-0.3, -0.25) is 14.5 Å². The molecule has 2 fully saturated rings. The van der Waals surface area contributed by atoms with Gasteiger partial charge in [0, 0.05) is 38.0 Å². The summed E-state index contributed by atoms with van der Waals surface area (Å²) in [5.41, 5.74) is 0.288. The Bertz CT molecular complexity index is 862. The summed E-state index contributed by atoms with van der Waals surface area (Å²) in [7, 11) is 0. The summed E-state index contributed by atoms with van der Waals surface area (Å²) in [6.45, 7) is 4.81. The summed E-state index contributed by atoms with van der Waals surface area (Å²) in [4.78, 5) is 29.9. The minimum Gasteiger partial charge on any atom is -0.451 e. The highest BCUT2D eigenvalue weighted by molar-refractivity contribution is 7.99. The lowest BCUT2D eigenvalue weighted by Crippen LogP contribution is -2.50. The van der Waals surface area contributed by atoms with Crippen LogP contribution in [0.25, 0.3) is 11.0 Å². The van der Waals surface area contributed by atoms with E-state index in [1.165, 1.54) is 6.07 Å². The standard InChI is InChI=1S/C20H24N2O4S/c23-17-12-19(26-18-5-2-1-4-16(17)18)20(24)22-6-3-11-27-14-15(22)13-21-7-9-25-10-8-21/h1-2,4-5,12,15H,3,6-11,13-14H2. The van der Waals surface area contributed by atoms with Gasteiger partial charge in [0.1, 0.15) is 5.58 Å². The first-order chi connectivity index (χ1) is 13.2. The molecule has 0 N–H and O–H groups in total. The van der Waals surface area contributed by atoms with Gasteiger partial charge in [0.25, 0.3) is 5.91 Å². The molecule has 0 spiro atoms. The van der Waals surface area contributed by atoms with Crippen LogP contribution in [0.15, 0.2) is 39.5 Å². The number of fused-ring (bicyclic) bond motifs is 1. The Balaban J connectivity index is 1.60. The van der Waals surface area contributed by atoms with E-state index in [2.05, 4.69) is 4.90 Å². The molecular weight excluding hydrogens is 364 g/mol. The molecule has 0 aliphatic carbocycles. The summed E-state index contributed by atoms with van der Waals surface area (Å²) in [6, 6.07) is 8.51. The molecule has 1 aromatic carbocycles. The fraction of sp³-hybridized carbons (Fsp3) is 0.500. The molecule has 3 heterocycles. The van der Waals surface area contributed by atoms with E-state index in [0.29, 0.717) is 17.5 Å². The highest BCUT2D eigenvalue weighted by Crippen LogP contribution is 2.21. The van der Waals surface area contributed by atoms with E-state index in [1.54, 1.807) is 18.2 Å². The average molecular weight is 388 g/mol. The van der Waals surface area contributed by atoms with Crippen molar-refractivity contribution in [2.45, 2.75) is 12.5 Å². The molecule has 2 aliphatic heterocycles. The van der Waals surface area contributed by atoms with Crippen molar-refractivity contribution in [3.63, 3.8) is 0 Å². The van der Waals surface area contributed by atoms with Gasteiger partial charge in [0.15, 0.2) is 11.2 Å². The van der Waals surface area contributed by atoms with E-state index in [0.717, 1.165) is 50.8 Å². The third-order valence-corrected chi connectivity index (χ3v) is 6.32. The van der Waals surface area contributed by atoms with Crippen LogP contribution in [-0.4, -0.2) is 72.6 Å². The quantitative estimate of drug-likeness (QED) is 0.802. The lowest BCUT2D eigenvalue weighted by Gasteiger charge is -2.35. The third-order valence-electron chi connectivity index (χ3n) is 5.12. The lowest BCUT2D eigenvalue weighted by atomic mass is 10.2. The molecule has 1 amide bonds. The number of morpholine rings is 1. The third kappa shape index (κ3) is 4.20. The molecule has 0 saturated carbocycles. The van der Waals surface area contributed by atoms with Crippen molar-refractivity contribution in [3.05, 3.63) is 46.3 Å². The molecule has 6 nitrogen and oxygen atoms in total. The van der Waals surface area contributed by atoms with Gasteiger partial charge in [-0.2, -0.15) is 11.8 Å². The van der Waals surface area contributed by atoms with Crippen LogP contribution in [0.3, 0.4) is 0 Å². The van der Waals surface area contributed by atoms with Gasteiger partial charge < -0.3 is 14.1 Å². The second-order valence-corrected chi connectivity index (χ2v) is 8.11. The Morgan fingerprint density at radius 3 is 2.85 bits per heavy atom. The molecule has 0 radical (unpaired) electrons. The first kappa shape index (κ1) is 18.5. The van der Waals surface area contributed by atoms with E-state index in [1.807, 2.05) is 22.7 Å². The molecule has 1 atom stereocenters. The first-order valence-corrected chi connectivity index (χ1v) is 10.6. The summed E-state index contributed by atoms with van der Waals surface area (Å²) in [5.74, 6) is 1.91. The van der Waals surface area contributed by atoms with Gasteiger partial charge in [-0.25, -0.2) is 0 Å². The summed E-state index contributed by atoms with van der Waals surface area (Å²) >= 11 is 1.89. The Kier molecular flexibility index (Phi) is 5.80. The highest BCUT2D eigenvalue weighted by Gasteiger charge is 2.30. The number of para-hydroxylation sites is 1. The zero-order valence-corrected chi connectivity index (χ0v) is 16.1. The largest absolute Gasteiger partial charge is 0.451 e. The highest BCUT2D eigenvalue weighted by atomic mass is 32.2. The maximum atomic E-state index is 13.2. The molecule has 27 heavy (non-hydrogen) atoms. The number of hydrogen-bond acceptors (Lipinski definition) is 6. The van der Waals surface area contributed by atoms with Gasteiger partial charge >= 0.3 is 0 Å². The number of benzene rings is 1. The van der Waals surface area contributed by atoms with Crippen LogP contribution < -0.4 is 5.43 Å². The van der Waals surface area contributed by atoms with Crippen LogP contribution in [0.2, 0.25) is 0 Å². The van der Waals surface area contributed by atoms with Gasteiger partial charge in [0.05, 0.1) is 24.6 Å². The van der Waals surface area contributed by atoms with Crippen LogP contribution in [0.1, 0.15) is 17.0 Å². The predicted octanol–water partition coefficient (Wildman–Crippen LogP) is 2.07. The SMILES string of the molecule is O=C(c1cc(=O)c2ccccc2o1)N1CCCSCC1CN1CCOCC1.